The van der Waals surface area contributed by atoms with Gasteiger partial charge in [-0.05, 0) is 87.7 Å². The Hall–Kier alpha value is -3.12. The van der Waals surface area contributed by atoms with Crippen molar-refractivity contribution in [3.05, 3.63) is 65.9 Å². The summed E-state index contributed by atoms with van der Waals surface area (Å²) in [6.45, 7) is 7.19. The first-order valence-corrected chi connectivity index (χ1v) is 11.9. The van der Waals surface area contributed by atoms with Crippen molar-refractivity contribution in [3.8, 4) is 22.7 Å². The lowest BCUT2D eigenvalue weighted by molar-refractivity contribution is 0.0941. The van der Waals surface area contributed by atoms with Gasteiger partial charge in [0.15, 0.2) is 0 Å². The first-order chi connectivity index (χ1) is 16.0. The van der Waals surface area contributed by atoms with Gasteiger partial charge in [0.2, 0.25) is 0 Å². The number of rotatable bonds is 8. The van der Waals surface area contributed by atoms with E-state index in [2.05, 4.69) is 17.1 Å². The van der Waals surface area contributed by atoms with E-state index in [-0.39, 0.29) is 5.91 Å². The number of piperidine rings is 1. The molecular formula is C27H34N4O2. The molecule has 1 N–H and O–H groups in total. The van der Waals surface area contributed by atoms with E-state index in [4.69, 9.17) is 9.84 Å². The number of aromatic nitrogens is 2. The third-order valence-electron chi connectivity index (χ3n) is 6.42. The molecule has 1 aromatic heterocycles. The maximum Gasteiger partial charge on any atom is 0.270 e. The van der Waals surface area contributed by atoms with Crippen LogP contribution in [0.15, 0.2) is 54.6 Å². The van der Waals surface area contributed by atoms with Crippen molar-refractivity contribution in [1.29, 1.82) is 0 Å². The van der Waals surface area contributed by atoms with Gasteiger partial charge in [0.25, 0.3) is 5.91 Å². The molecule has 0 aliphatic carbocycles. The Morgan fingerprint density at radius 3 is 2.70 bits per heavy atom. The van der Waals surface area contributed by atoms with Crippen LogP contribution in [-0.4, -0.2) is 53.4 Å². The van der Waals surface area contributed by atoms with Crippen LogP contribution in [0.25, 0.3) is 16.9 Å². The summed E-state index contributed by atoms with van der Waals surface area (Å²) in [5, 5.41) is 7.90. The second-order valence-corrected chi connectivity index (χ2v) is 8.88. The maximum atomic E-state index is 13.2. The Morgan fingerprint density at radius 1 is 1.15 bits per heavy atom. The molecule has 1 aliphatic heterocycles. The number of hydrogen-bond acceptors (Lipinski definition) is 4. The predicted octanol–water partition coefficient (Wildman–Crippen LogP) is 4.85. The van der Waals surface area contributed by atoms with Crippen LogP contribution in [0.5, 0.6) is 5.75 Å². The van der Waals surface area contributed by atoms with Gasteiger partial charge >= 0.3 is 0 Å². The van der Waals surface area contributed by atoms with Gasteiger partial charge in [-0.1, -0.05) is 18.6 Å². The van der Waals surface area contributed by atoms with E-state index in [1.165, 1.54) is 25.8 Å². The topological polar surface area (TPSA) is 59.4 Å². The lowest BCUT2D eigenvalue weighted by atomic mass is 10.0. The van der Waals surface area contributed by atoms with Gasteiger partial charge in [-0.15, -0.1) is 0 Å². The van der Waals surface area contributed by atoms with Crippen LogP contribution in [0.3, 0.4) is 0 Å². The largest absolute Gasteiger partial charge is 0.497 e. The molecule has 2 aromatic carbocycles. The molecule has 3 aromatic rings. The zero-order valence-corrected chi connectivity index (χ0v) is 19.9. The Balaban J connectivity index is 1.51. The number of likely N-dealkylation sites (tertiary alicyclic amines) is 1. The smallest absolute Gasteiger partial charge is 0.270 e. The number of carbonyl (C=O) groups excluding carboxylic acids is 1. The minimum absolute atomic E-state index is 0.101. The Morgan fingerprint density at radius 2 is 1.97 bits per heavy atom. The van der Waals surface area contributed by atoms with Crippen LogP contribution in [-0.2, 0) is 0 Å². The molecule has 6 nitrogen and oxygen atoms in total. The van der Waals surface area contributed by atoms with Gasteiger partial charge in [-0.3, -0.25) is 4.79 Å². The normalized spacial score (nSPS) is 16.5. The fraction of sp³-hybridized carbons (Fsp3) is 0.407. The van der Waals surface area contributed by atoms with Gasteiger partial charge < -0.3 is 15.0 Å². The number of aryl methyl sites for hydroxylation is 1. The zero-order chi connectivity index (χ0) is 23.2. The standard InChI is InChI=1S/C27H34N4O2/c1-20-8-6-10-23(18-20)31-26(19-25(29-31)22-11-13-24(33-3)14-12-22)27(32)28-15-7-17-30-16-5-4-9-21(30)2/h6,8,10-14,18-19,21H,4-5,7,9,15-17H2,1-3H3,(H,28,32). The molecule has 1 unspecified atom stereocenters. The quantitative estimate of drug-likeness (QED) is 0.503. The number of carbonyl (C=O) groups is 1. The molecule has 6 heteroatoms. The number of methoxy groups -OCH3 is 1. The van der Waals surface area contributed by atoms with Crippen LogP contribution in [0.1, 0.15) is 48.7 Å². The zero-order valence-electron chi connectivity index (χ0n) is 19.9. The number of nitrogens with zero attached hydrogens (tertiary/aromatic N) is 3. The first kappa shape index (κ1) is 23.1. The molecule has 2 heterocycles. The third kappa shape index (κ3) is 5.63. The molecule has 1 atom stereocenters. The summed E-state index contributed by atoms with van der Waals surface area (Å²) in [6.07, 6.45) is 4.82. The van der Waals surface area contributed by atoms with Crippen molar-refractivity contribution in [2.75, 3.05) is 26.7 Å². The van der Waals surface area contributed by atoms with E-state index in [1.54, 1.807) is 11.8 Å². The summed E-state index contributed by atoms with van der Waals surface area (Å²) < 4.78 is 7.01. The SMILES string of the molecule is COc1ccc(-c2cc(C(=O)NCCCN3CCCCC3C)n(-c3cccc(C)c3)n2)cc1. The third-order valence-corrected chi connectivity index (χ3v) is 6.42. The molecule has 1 aliphatic rings. The summed E-state index contributed by atoms with van der Waals surface area (Å²) in [4.78, 5) is 15.7. The highest BCUT2D eigenvalue weighted by molar-refractivity contribution is 5.94. The molecule has 0 radical (unpaired) electrons. The molecule has 174 valence electrons. The minimum atomic E-state index is -0.101. The van der Waals surface area contributed by atoms with Crippen LogP contribution in [0.4, 0.5) is 0 Å². The number of nitrogens with one attached hydrogen (secondary N) is 1. The number of ether oxygens (including phenoxy) is 1. The van der Waals surface area contributed by atoms with Crippen molar-refractivity contribution in [2.45, 2.75) is 45.6 Å². The maximum absolute atomic E-state index is 13.2. The average Bonchev–Trinajstić information content (AvgIpc) is 3.28. The number of benzene rings is 2. The fourth-order valence-corrected chi connectivity index (χ4v) is 4.47. The number of hydrogen-bond donors (Lipinski definition) is 1. The average molecular weight is 447 g/mol. The molecule has 0 spiro atoms. The monoisotopic (exact) mass is 446 g/mol. The predicted molar refractivity (Wildman–Crippen MR) is 132 cm³/mol. The molecule has 1 fully saturated rings. The second-order valence-electron chi connectivity index (χ2n) is 8.88. The number of amides is 1. The summed E-state index contributed by atoms with van der Waals surface area (Å²) in [5.74, 6) is 0.688. The van der Waals surface area contributed by atoms with Crippen LogP contribution in [0.2, 0.25) is 0 Å². The van der Waals surface area contributed by atoms with E-state index >= 15 is 0 Å². The van der Waals surface area contributed by atoms with Crippen molar-refractivity contribution in [1.82, 2.24) is 20.0 Å². The molecule has 4 rings (SSSR count). The van der Waals surface area contributed by atoms with E-state index in [9.17, 15) is 4.79 Å². The van der Waals surface area contributed by atoms with Crippen LogP contribution >= 0.6 is 0 Å². The van der Waals surface area contributed by atoms with Crippen molar-refractivity contribution in [2.24, 2.45) is 0 Å². The second kappa shape index (κ2) is 10.7. The van der Waals surface area contributed by atoms with Gasteiger partial charge in [0.05, 0.1) is 18.5 Å². The van der Waals surface area contributed by atoms with E-state index in [0.717, 1.165) is 41.2 Å². The molecule has 33 heavy (non-hydrogen) atoms. The van der Waals surface area contributed by atoms with Crippen LogP contribution < -0.4 is 10.1 Å². The highest BCUT2D eigenvalue weighted by Crippen LogP contribution is 2.24. The minimum Gasteiger partial charge on any atom is -0.497 e. The van der Waals surface area contributed by atoms with Crippen molar-refractivity contribution in [3.63, 3.8) is 0 Å². The molecular weight excluding hydrogens is 412 g/mol. The highest BCUT2D eigenvalue weighted by Gasteiger charge is 2.19. The Labute approximate surface area is 196 Å². The Kier molecular flexibility index (Phi) is 7.45. The van der Waals surface area contributed by atoms with Crippen molar-refractivity contribution < 1.29 is 9.53 Å². The van der Waals surface area contributed by atoms with Gasteiger partial charge in [-0.2, -0.15) is 5.10 Å². The summed E-state index contributed by atoms with van der Waals surface area (Å²) in [7, 11) is 1.65. The van der Waals surface area contributed by atoms with Crippen LogP contribution in [0, 0.1) is 6.92 Å². The lowest BCUT2D eigenvalue weighted by Crippen LogP contribution is -2.39. The summed E-state index contributed by atoms with van der Waals surface area (Å²) in [6, 6.07) is 18.3. The molecule has 0 bridgehead atoms. The summed E-state index contributed by atoms with van der Waals surface area (Å²) in [5.41, 5.74) is 4.23. The van der Waals surface area contributed by atoms with E-state index in [0.29, 0.717) is 18.3 Å². The lowest BCUT2D eigenvalue weighted by Gasteiger charge is -2.33. The van der Waals surface area contributed by atoms with Gasteiger partial charge in [0.1, 0.15) is 11.4 Å². The fourth-order valence-electron chi connectivity index (χ4n) is 4.47. The molecule has 0 saturated carbocycles. The highest BCUT2D eigenvalue weighted by atomic mass is 16.5. The Bertz CT molecular complexity index is 1070. The molecule has 1 saturated heterocycles. The van der Waals surface area contributed by atoms with Gasteiger partial charge in [-0.25, -0.2) is 4.68 Å². The van der Waals surface area contributed by atoms with E-state index in [1.807, 2.05) is 61.5 Å². The molecule has 1 amide bonds. The van der Waals surface area contributed by atoms with Gasteiger partial charge in [0, 0.05) is 24.7 Å². The summed E-state index contributed by atoms with van der Waals surface area (Å²) >= 11 is 0. The van der Waals surface area contributed by atoms with E-state index < -0.39 is 0 Å². The first-order valence-electron chi connectivity index (χ1n) is 11.9. The van der Waals surface area contributed by atoms with Crippen molar-refractivity contribution >= 4 is 5.91 Å².